The molecule has 0 amide bonds. The third-order valence-corrected chi connectivity index (χ3v) is 3.11. The zero-order valence-corrected chi connectivity index (χ0v) is 12.3. The number of nitrogens with zero attached hydrogens (tertiary/aromatic N) is 2. The van der Waals surface area contributed by atoms with Gasteiger partial charge < -0.3 is 10.1 Å². The molecule has 0 aliphatic carbocycles. The number of ether oxygens (including phenoxy) is 1. The van der Waals surface area contributed by atoms with E-state index in [1.54, 1.807) is 0 Å². The van der Waals surface area contributed by atoms with Gasteiger partial charge in [0.05, 0.1) is 12.2 Å². The Kier molecular flexibility index (Phi) is 4.93. The molecule has 0 aliphatic rings. The molecule has 0 unspecified atom stereocenters. The fraction of sp³-hybridized carbons (Fsp3) is 0.375. The summed E-state index contributed by atoms with van der Waals surface area (Å²) in [5, 5.41) is 3.35. The first-order valence-corrected chi connectivity index (χ1v) is 6.94. The summed E-state index contributed by atoms with van der Waals surface area (Å²) in [7, 11) is 0. The minimum atomic E-state index is 0.612. The van der Waals surface area contributed by atoms with Crippen molar-refractivity contribution in [3.8, 4) is 5.88 Å². The lowest BCUT2D eigenvalue weighted by molar-refractivity contribution is 0.324. The highest BCUT2D eigenvalue weighted by atomic mass is 16.5. The van der Waals surface area contributed by atoms with Crippen LogP contribution in [0.2, 0.25) is 0 Å². The fourth-order valence-corrected chi connectivity index (χ4v) is 2.09. The summed E-state index contributed by atoms with van der Waals surface area (Å²) in [5.74, 6) is 1.50. The van der Waals surface area contributed by atoms with E-state index in [0.29, 0.717) is 12.5 Å². The van der Waals surface area contributed by atoms with Gasteiger partial charge in [0.1, 0.15) is 12.1 Å². The average molecular weight is 271 g/mol. The van der Waals surface area contributed by atoms with E-state index in [1.807, 2.05) is 13.8 Å². The van der Waals surface area contributed by atoms with Crippen LogP contribution >= 0.6 is 0 Å². The van der Waals surface area contributed by atoms with Gasteiger partial charge in [0.25, 0.3) is 0 Å². The topological polar surface area (TPSA) is 47.0 Å². The van der Waals surface area contributed by atoms with E-state index in [-0.39, 0.29) is 0 Å². The highest BCUT2D eigenvalue weighted by Crippen LogP contribution is 2.20. The molecule has 0 aliphatic heterocycles. The van der Waals surface area contributed by atoms with Gasteiger partial charge in [0.2, 0.25) is 5.88 Å². The number of rotatable bonds is 6. The number of aryl methyl sites for hydroxylation is 1. The molecule has 1 heterocycles. The van der Waals surface area contributed by atoms with E-state index in [2.05, 4.69) is 46.5 Å². The number of hydrogen-bond acceptors (Lipinski definition) is 4. The average Bonchev–Trinajstić information content (AvgIpc) is 2.43. The predicted molar refractivity (Wildman–Crippen MR) is 81.3 cm³/mol. The molecule has 2 aromatic rings. The first kappa shape index (κ1) is 14.3. The van der Waals surface area contributed by atoms with Crippen LogP contribution in [0.1, 0.15) is 23.6 Å². The minimum absolute atomic E-state index is 0.612. The second-order valence-electron chi connectivity index (χ2n) is 4.75. The summed E-state index contributed by atoms with van der Waals surface area (Å²) >= 11 is 0. The van der Waals surface area contributed by atoms with Crippen molar-refractivity contribution < 1.29 is 4.74 Å². The maximum atomic E-state index is 5.47. The van der Waals surface area contributed by atoms with Crippen molar-refractivity contribution in [2.75, 3.05) is 18.5 Å². The maximum Gasteiger partial charge on any atom is 0.221 e. The molecule has 1 aromatic heterocycles. The quantitative estimate of drug-likeness (QED) is 0.876. The van der Waals surface area contributed by atoms with Gasteiger partial charge in [-0.25, -0.2) is 9.97 Å². The van der Waals surface area contributed by atoms with Gasteiger partial charge in [0, 0.05) is 6.54 Å². The summed E-state index contributed by atoms with van der Waals surface area (Å²) in [6.07, 6.45) is 2.50. The van der Waals surface area contributed by atoms with Crippen molar-refractivity contribution >= 4 is 5.82 Å². The predicted octanol–water partition coefficient (Wildman–Crippen LogP) is 3.15. The highest BCUT2D eigenvalue weighted by Gasteiger charge is 2.07. The van der Waals surface area contributed by atoms with Gasteiger partial charge in [0.15, 0.2) is 0 Å². The van der Waals surface area contributed by atoms with Gasteiger partial charge in [-0.1, -0.05) is 29.8 Å². The molecule has 1 N–H and O–H groups in total. The molecule has 4 heteroatoms. The molecule has 0 fully saturated rings. The Morgan fingerprint density at radius 2 is 2.05 bits per heavy atom. The van der Waals surface area contributed by atoms with E-state index in [9.17, 15) is 0 Å². The third kappa shape index (κ3) is 3.70. The summed E-state index contributed by atoms with van der Waals surface area (Å²) in [6, 6.07) is 8.56. The van der Waals surface area contributed by atoms with Crippen LogP contribution in [0.3, 0.4) is 0 Å². The Morgan fingerprint density at radius 3 is 2.80 bits per heavy atom. The standard InChI is InChI=1S/C16H21N3O/c1-4-20-16-13(3)15(18-11-19-16)17-9-8-14-7-5-6-12(2)10-14/h5-7,10-11H,4,8-9H2,1-3H3,(H,17,18,19). The molecule has 0 radical (unpaired) electrons. The SMILES string of the molecule is CCOc1ncnc(NCCc2cccc(C)c2)c1C. The first-order chi connectivity index (χ1) is 9.70. The fourth-order valence-electron chi connectivity index (χ4n) is 2.09. The second-order valence-corrected chi connectivity index (χ2v) is 4.75. The second kappa shape index (κ2) is 6.89. The number of benzene rings is 1. The van der Waals surface area contributed by atoms with Crippen LogP contribution in [-0.4, -0.2) is 23.1 Å². The summed E-state index contributed by atoms with van der Waals surface area (Å²) in [6.45, 7) is 7.49. The van der Waals surface area contributed by atoms with Crippen LogP contribution in [0.15, 0.2) is 30.6 Å². The van der Waals surface area contributed by atoms with Gasteiger partial charge >= 0.3 is 0 Å². The summed E-state index contributed by atoms with van der Waals surface area (Å²) < 4.78 is 5.47. The highest BCUT2D eigenvalue weighted by molar-refractivity contribution is 5.47. The molecule has 20 heavy (non-hydrogen) atoms. The molecule has 106 valence electrons. The maximum absolute atomic E-state index is 5.47. The van der Waals surface area contributed by atoms with Crippen molar-refractivity contribution in [1.82, 2.24) is 9.97 Å². The lowest BCUT2D eigenvalue weighted by Gasteiger charge is -2.11. The molecule has 0 saturated heterocycles. The van der Waals surface area contributed by atoms with E-state index in [4.69, 9.17) is 4.74 Å². The van der Waals surface area contributed by atoms with E-state index >= 15 is 0 Å². The lowest BCUT2D eigenvalue weighted by Crippen LogP contribution is -2.09. The molecular formula is C16H21N3O. The van der Waals surface area contributed by atoms with Gasteiger partial charge in [-0.2, -0.15) is 0 Å². The van der Waals surface area contributed by atoms with E-state index < -0.39 is 0 Å². The Labute approximate surface area is 120 Å². The molecule has 0 saturated carbocycles. The third-order valence-electron chi connectivity index (χ3n) is 3.11. The van der Waals surface area contributed by atoms with Crippen LogP contribution in [0.25, 0.3) is 0 Å². The number of anilines is 1. The normalized spacial score (nSPS) is 10.3. The van der Waals surface area contributed by atoms with Crippen LogP contribution in [0, 0.1) is 13.8 Å². The van der Waals surface area contributed by atoms with Crippen LogP contribution in [0.4, 0.5) is 5.82 Å². The van der Waals surface area contributed by atoms with Crippen molar-refractivity contribution in [1.29, 1.82) is 0 Å². The van der Waals surface area contributed by atoms with Gasteiger partial charge in [-0.05, 0) is 32.8 Å². The Hall–Kier alpha value is -2.10. The van der Waals surface area contributed by atoms with Crippen LogP contribution < -0.4 is 10.1 Å². The molecule has 1 aromatic carbocycles. The zero-order chi connectivity index (χ0) is 14.4. The molecule has 0 atom stereocenters. The zero-order valence-electron chi connectivity index (χ0n) is 12.3. The van der Waals surface area contributed by atoms with E-state index in [1.165, 1.54) is 17.5 Å². The Bertz CT molecular complexity index is 569. The Morgan fingerprint density at radius 1 is 1.20 bits per heavy atom. The number of nitrogens with one attached hydrogen (secondary N) is 1. The molecule has 0 bridgehead atoms. The van der Waals surface area contributed by atoms with E-state index in [0.717, 1.165) is 24.3 Å². The lowest BCUT2D eigenvalue weighted by atomic mass is 10.1. The number of aromatic nitrogens is 2. The van der Waals surface area contributed by atoms with Crippen molar-refractivity contribution in [3.05, 3.63) is 47.3 Å². The van der Waals surface area contributed by atoms with Crippen molar-refractivity contribution in [2.45, 2.75) is 27.2 Å². The van der Waals surface area contributed by atoms with Crippen molar-refractivity contribution in [2.24, 2.45) is 0 Å². The summed E-state index contributed by atoms with van der Waals surface area (Å²) in [4.78, 5) is 8.40. The Balaban J connectivity index is 1.96. The largest absolute Gasteiger partial charge is 0.478 e. The minimum Gasteiger partial charge on any atom is -0.478 e. The number of hydrogen-bond donors (Lipinski definition) is 1. The molecule has 0 spiro atoms. The first-order valence-electron chi connectivity index (χ1n) is 6.94. The van der Waals surface area contributed by atoms with Crippen molar-refractivity contribution in [3.63, 3.8) is 0 Å². The molecular weight excluding hydrogens is 250 g/mol. The van der Waals surface area contributed by atoms with Crippen LogP contribution in [-0.2, 0) is 6.42 Å². The smallest absolute Gasteiger partial charge is 0.221 e. The van der Waals surface area contributed by atoms with Crippen LogP contribution in [0.5, 0.6) is 5.88 Å². The monoisotopic (exact) mass is 271 g/mol. The summed E-state index contributed by atoms with van der Waals surface area (Å²) in [5.41, 5.74) is 3.58. The van der Waals surface area contributed by atoms with Gasteiger partial charge in [-0.15, -0.1) is 0 Å². The van der Waals surface area contributed by atoms with Gasteiger partial charge in [-0.3, -0.25) is 0 Å². The molecule has 2 rings (SSSR count). The molecule has 4 nitrogen and oxygen atoms in total.